The van der Waals surface area contributed by atoms with E-state index in [9.17, 15) is 0 Å². The Hall–Kier alpha value is -5.07. The Labute approximate surface area is 401 Å². The van der Waals surface area contributed by atoms with Crippen LogP contribution >= 0.6 is 0 Å². The van der Waals surface area contributed by atoms with Gasteiger partial charge in [0.05, 0.1) is 0 Å². The maximum atomic E-state index is 2.54. The predicted octanol–water partition coefficient (Wildman–Crippen LogP) is 13.1. The van der Waals surface area contributed by atoms with Crippen LogP contribution < -0.4 is 32.8 Å². The summed E-state index contributed by atoms with van der Waals surface area (Å²) in [6.45, 7) is 43.1. The topological polar surface area (TPSA) is 0 Å². The molecule has 0 N–H and O–H groups in total. The maximum Gasteiger partial charge on any atom is 0.243 e. The molecule has 2 heterocycles. The molecule has 0 atom stereocenters. The molecule has 0 amide bonds. The van der Waals surface area contributed by atoms with Gasteiger partial charge in [0, 0.05) is 0 Å². The Kier molecular flexibility index (Phi) is 11.7. The zero-order valence-electron chi connectivity index (χ0n) is 43.9. The highest BCUT2D eigenvalue weighted by molar-refractivity contribution is 6.98. The van der Waals surface area contributed by atoms with Crippen LogP contribution in [-0.2, 0) is 32.5 Å². The molecule has 66 heavy (non-hydrogen) atoms. The van der Waals surface area contributed by atoms with Crippen molar-refractivity contribution < 1.29 is 0 Å². The molecule has 0 aliphatic carbocycles. The van der Waals surface area contributed by atoms with E-state index in [1.807, 2.05) is 0 Å². The summed E-state index contributed by atoms with van der Waals surface area (Å²) in [4.78, 5) is 0. The first kappa shape index (κ1) is 47.4. The van der Waals surface area contributed by atoms with Gasteiger partial charge in [0.15, 0.2) is 0 Å². The molecule has 0 nitrogen and oxygen atoms in total. The van der Waals surface area contributed by atoms with Gasteiger partial charge in [0.25, 0.3) is 0 Å². The van der Waals surface area contributed by atoms with Crippen molar-refractivity contribution in [2.45, 2.75) is 157 Å². The van der Waals surface area contributed by atoms with Gasteiger partial charge in [0.2, 0.25) is 13.4 Å². The van der Waals surface area contributed by atoms with Crippen molar-refractivity contribution in [2.75, 3.05) is 0 Å². The summed E-state index contributed by atoms with van der Waals surface area (Å²) in [6, 6.07) is 43.1. The van der Waals surface area contributed by atoms with Crippen LogP contribution in [0.15, 0.2) is 109 Å². The van der Waals surface area contributed by atoms with E-state index in [2.05, 4.69) is 258 Å². The van der Waals surface area contributed by atoms with Gasteiger partial charge in [-0.25, -0.2) is 0 Å². The molecule has 2 aliphatic heterocycles. The summed E-state index contributed by atoms with van der Waals surface area (Å²) in [7, 11) is 0. The molecule has 2 heteroatoms. The van der Waals surface area contributed by atoms with Crippen molar-refractivity contribution in [3.63, 3.8) is 0 Å². The second-order valence-electron chi connectivity index (χ2n) is 25.9. The molecule has 0 saturated heterocycles. The zero-order valence-corrected chi connectivity index (χ0v) is 43.9. The molecule has 2 aliphatic rings. The first-order valence-electron chi connectivity index (χ1n) is 24.7. The highest BCUT2D eigenvalue weighted by Gasteiger charge is 2.40. The second-order valence-corrected chi connectivity index (χ2v) is 25.9. The van der Waals surface area contributed by atoms with Crippen LogP contribution in [0.3, 0.4) is 0 Å². The van der Waals surface area contributed by atoms with E-state index in [0.717, 1.165) is 0 Å². The van der Waals surface area contributed by atoms with Gasteiger partial charge >= 0.3 is 0 Å². The monoisotopic (exact) mass is 867 g/mol. The predicted molar refractivity (Wildman–Crippen MR) is 297 cm³/mol. The fraction of sp³-hybridized carbons (Fsp3) is 0.375. The zero-order chi connectivity index (χ0) is 48.1. The smallest absolute Gasteiger partial charge is 0.0664 e. The fourth-order valence-electron chi connectivity index (χ4n) is 10.8. The first-order valence-corrected chi connectivity index (χ1v) is 24.7. The van der Waals surface area contributed by atoms with Crippen molar-refractivity contribution in [1.82, 2.24) is 0 Å². The minimum atomic E-state index is -0.0613. The highest BCUT2D eigenvalue weighted by atomic mass is 14.3. The van der Waals surface area contributed by atoms with E-state index in [0.29, 0.717) is 0 Å². The summed E-state index contributed by atoms with van der Waals surface area (Å²) in [6.07, 6.45) is 9.49. The lowest BCUT2D eigenvalue weighted by Gasteiger charge is -2.36. The van der Waals surface area contributed by atoms with E-state index in [1.54, 1.807) is 0 Å². The van der Waals surface area contributed by atoms with Gasteiger partial charge < -0.3 is 0 Å². The molecule has 0 saturated carbocycles. The van der Waals surface area contributed by atoms with Crippen molar-refractivity contribution in [3.05, 3.63) is 165 Å². The lowest BCUT2D eigenvalue weighted by atomic mass is 9.33. The highest BCUT2D eigenvalue weighted by Crippen LogP contribution is 2.37. The van der Waals surface area contributed by atoms with Crippen LogP contribution in [0.4, 0.5) is 0 Å². The Bertz CT molecular complexity index is 2640. The minimum Gasteiger partial charge on any atom is -0.0664 e. The Morgan fingerprint density at radius 3 is 0.833 bits per heavy atom. The van der Waals surface area contributed by atoms with E-state index < -0.39 is 0 Å². The third-order valence-corrected chi connectivity index (χ3v) is 14.5. The fourth-order valence-corrected chi connectivity index (χ4v) is 10.8. The lowest BCUT2D eigenvalue weighted by molar-refractivity contribution is 0.552. The molecular formula is C64H76B2. The largest absolute Gasteiger partial charge is 0.243 e. The van der Waals surface area contributed by atoms with Crippen LogP contribution in [0.1, 0.15) is 180 Å². The molecule has 0 unspecified atom stereocenters. The first-order chi connectivity index (χ1) is 30.5. The Morgan fingerprint density at radius 1 is 0.273 bits per heavy atom. The number of fused-ring (bicyclic) bond motifs is 4. The molecule has 0 bridgehead atoms. The average molecular weight is 867 g/mol. The van der Waals surface area contributed by atoms with Crippen LogP contribution in [0.5, 0.6) is 0 Å². The number of benzene rings is 6. The molecule has 8 rings (SSSR count). The van der Waals surface area contributed by atoms with Crippen molar-refractivity contribution in [1.29, 1.82) is 0 Å². The van der Waals surface area contributed by atoms with Crippen LogP contribution in [-0.4, -0.2) is 13.4 Å². The van der Waals surface area contributed by atoms with Gasteiger partial charge in [-0.15, -0.1) is 0 Å². The van der Waals surface area contributed by atoms with E-state index in [-0.39, 0.29) is 45.9 Å². The summed E-state index contributed by atoms with van der Waals surface area (Å²) < 4.78 is 0. The number of hydrogen-bond donors (Lipinski definition) is 0. The Morgan fingerprint density at radius 2 is 0.545 bits per heavy atom. The molecule has 0 spiro atoms. The van der Waals surface area contributed by atoms with Gasteiger partial charge in [-0.05, 0) is 111 Å². The lowest BCUT2D eigenvalue weighted by Crippen LogP contribution is -2.58. The van der Waals surface area contributed by atoms with Gasteiger partial charge in [0.1, 0.15) is 0 Å². The minimum absolute atomic E-state index is 0.0286. The molecular weight excluding hydrogens is 790 g/mol. The van der Waals surface area contributed by atoms with Crippen molar-refractivity contribution >= 4 is 70.5 Å². The Balaban J connectivity index is 1.35. The average Bonchev–Trinajstić information content (AvgIpc) is 3.48. The number of hydrogen-bond acceptors (Lipinski definition) is 0. The van der Waals surface area contributed by atoms with Gasteiger partial charge in [-0.3, -0.25) is 0 Å². The normalized spacial score (nSPS) is 14.3. The molecule has 6 aromatic rings. The quantitative estimate of drug-likeness (QED) is 0.155. The van der Waals surface area contributed by atoms with E-state index >= 15 is 0 Å². The van der Waals surface area contributed by atoms with Crippen LogP contribution in [0.2, 0.25) is 0 Å². The van der Waals surface area contributed by atoms with Crippen LogP contribution in [0, 0.1) is 0 Å². The van der Waals surface area contributed by atoms with Gasteiger partial charge in [-0.1, -0.05) is 279 Å². The van der Waals surface area contributed by atoms with Crippen LogP contribution in [0.25, 0.3) is 35.4 Å². The molecule has 6 aromatic carbocycles. The molecule has 338 valence electrons. The maximum absolute atomic E-state index is 2.54. The van der Waals surface area contributed by atoms with Gasteiger partial charge in [-0.2, -0.15) is 0 Å². The summed E-state index contributed by atoms with van der Waals surface area (Å²) in [5.41, 5.74) is 24.5. The van der Waals surface area contributed by atoms with E-state index in [4.69, 9.17) is 0 Å². The SMILES string of the molecule is CC(C)(C)c1cc(C(C)(C)C)c(B2c3ccccc3C=Cc3cc(-c4ccc5c(c4)C=Cc4ccccc4B5c4c(C(C)(C)C)cc(C(C)(C)C)cc4C(C)(C)C)ccc32)c(C(C)(C)C)c1. The standard InChI is InChI=1S/C64H76B2/c1-59(2,3)47-37-49(61(7,8)9)57(50(38-47)62(10,11)12)65-53-25-21-19-23-41(53)27-29-45-35-43(31-33-55(45)65)44-32-34-56-46(36-44)30-28-42-24-20-22-26-54(42)66(56)58-51(63(13,14)15)39-48(60(4,5)6)40-52(58)64(16,17)18/h19-40H,1-18H3. The van der Waals surface area contributed by atoms with Crippen molar-refractivity contribution in [3.8, 4) is 11.1 Å². The van der Waals surface area contributed by atoms with Crippen molar-refractivity contribution in [2.24, 2.45) is 0 Å². The third-order valence-electron chi connectivity index (χ3n) is 14.5. The third kappa shape index (κ3) is 8.92. The molecule has 0 aromatic heterocycles. The molecule has 0 radical (unpaired) electrons. The summed E-state index contributed by atoms with van der Waals surface area (Å²) >= 11 is 0. The number of rotatable bonds is 3. The van der Waals surface area contributed by atoms with E-state index in [1.165, 1.54) is 99.5 Å². The second kappa shape index (κ2) is 16.3. The summed E-state index contributed by atoms with van der Waals surface area (Å²) in [5, 5.41) is 0. The summed E-state index contributed by atoms with van der Waals surface area (Å²) in [5.74, 6) is 0. The molecule has 0 fully saturated rings.